The maximum atomic E-state index is 14.2. The molecule has 0 aromatic heterocycles. The number of allylic oxidation sites excluding steroid dienone is 6. The molecule has 456 valence electrons. The van der Waals surface area contributed by atoms with Crippen LogP contribution in [-0.4, -0.2) is 71.3 Å². The number of nitrogens with zero attached hydrogens (tertiary/aromatic N) is 4. The van der Waals surface area contributed by atoms with Crippen molar-refractivity contribution in [2.75, 3.05) is 33.5 Å². The normalized spacial score (nSPS) is 14.7. The zero-order valence-electron chi connectivity index (χ0n) is 53.2. The third kappa shape index (κ3) is 21.8. The predicted octanol–water partition coefficient (Wildman–Crippen LogP) is 18.4. The minimum absolute atomic E-state index is 0.421. The first kappa shape index (κ1) is 66.0. The van der Waals surface area contributed by atoms with Gasteiger partial charge in [0.2, 0.25) is 0 Å². The van der Waals surface area contributed by atoms with Gasteiger partial charge in [0.25, 0.3) is 0 Å². The van der Waals surface area contributed by atoms with Gasteiger partial charge in [0.05, 0.1) is 34.1 Å². The molecule has 16 nitrogen and oxygen atoms in total. The second-order valence-electron chi connectivity index (χ2n) is 25.8. The summed E-state index contributed by atoms with van der Waals surface area (Å²) in [6.07, 6.45) is 13.2. The Morgan fingerprint density at radius 2 is 0.788 bits per heavy atom. The molecular formula is C69H92N8O8. The molecule has 4 amide bonds. The van der Waals surface area contributed by atoms with Crippen LogP contribution in [0.3, 0.4) is 0 Å². The second-order valence-corrected chi connectivity index (χ2v) is 25.8. The molecule has 0 atom stereocenters. The fraction of sp³-hybridized carbons (Fsp3) is 0.449. The lowest BCUT2D eigenvalue weighted by Gasteiger charge is -2.29. The van der Waals surface area contributed by atoms with E-state index in [9.17, 15) is 19.2 Å². The monoisotopic (exact) mass is 1160 g/mol. The number of amides is 4. The maximum absolute atomic E-state index is 14.2. The zero-order valence-corrected chi connectivity index (χ0v) is 53.2. The average molecular weight is 1160 g/mol. The number of para-hydroxylation sites is 2. The first-order chi connectivity index (χ1) is 39.9. The molecule has 0 unspecified atom stereocenters. The number of rotatable bonds is 20. The van der Waals surface area contributed by atoms with Crippen LogP contribution in [0.1, 0.15) is 166 Å². The summed E-state index contributed by atoms with van der Waals surface area (Å²) in [5.74, 6) is 0. The summed E-state index contributed by atoms with van der Waals surface area (Å²) >= 11 is 0. The lowest BCUT2D eigenvalue weighted by molar-refractivity contribution is 0.0535. The second kappa shape index (κ2) is 29.1. The highest BCUT2D eigenvalue weighted by Crippen LogP contribution is 2.39. The summed E-state index contributed by atoms with van der Waals surface area (Å²) < 4.78 is 23.1. The van der Waals surface area contributed by atoms with Crippen molar-refractivity contribution in [3.63, 3.8) is 0 Å². The minimum Gasteiger partial charge on any atom is -0.444 e. The van der Waals surface area contributed by atoms with Crippen molar-refractivity contribution in [3.05, 3.63) is 143 Å². The van der Waals surface area contributed by atoms with Gasteiger partial charge in [-0.1, -0.05) is 80.7 Å². The molecule has 4 N–H and O–H groups in total. The van der Waals surface area contributed by atoms with Gasteiger partial charge in [-0.3, -0.25) is 30.4 Å². The van der Waals surface area contributed by atoms with Gasteiger partial charge in [0, 0.05) is 60.1 Å². The first-order valence-electron chi connectivity index (χ1n) is 29.8. The van der Waals surface area contributed by atoms with Gasteiger partial charge in [0.1, 0.15) is 22.4 Å². The van der Waals surface area contributed by atoms with E-state index in [1.54, 1.807) is 9.80 Å². The van der Waals surface area contributed by atoms with Crippen molar-refractivity contribution in [2.45, 2.75) is 191 Å². The Morgan fingerprint density at radius 1 is 0.459 bits per heavy atom. The summed E-state index contributed by atoms with van der Waals surface area (Å²) in [6, 6.07) is 27.7. The first-order valence-corrected chi connectivity index (χ1v) is 29.8. The molecule has 16 heteroatoms. The van der Waals surface area contributed by atoms with Crippen LogP contribution in [0, 0.1) is 13.8 Å². The van der Waals surface area contributed by atoms with Crippen LogP contribution < -0.4 is 31.1 Å². The third-order valence-corrected chi connectivity index (χ3v) is 13.3. The Hall–Kier alpha value is -8.14. The van der Waals surface area contributed by atoms with Crippen molar-refractivity contribution >= 4 is 81.3 Å². The van der Waals surface area contributed by atoms with Crippen molar-refractivity contribution in [3.8, 4) is 0 Å². The number of benzene rings is 4. The van der Waals surface area contributed by atoms with Crippen LogP contribution >= 0.6 is 0 Å². The molecule has 0 saturated carbocycles. The summed E-state index contributed by atoms with van der Waals surface area (Å²) in [6.45, 7) is 31.0. The quantitative estimate of drug-likeness (QED) is 0.0490. The fourth-order valence-electron chi connectivity index (χ4n) is 9.46. The minimum atomic E-state index is -0.714. The van der Waals surface area contributed by atoms with Crippen LogP contribution in [0.2, 0.25) is 0 Å². The Morgan fingerprint density at radius 3 is 1.11 bits per heavy atom. The molecule has 85 heavy (non-hydrogen) atoms. The van der Waals surface area contributed by atoms with Gasteiger partial charge in [-0.2, -0.15) is 0 Å². The van der Waals surface area contributed by atoms with Crippen molar-refractivity contribution in [2.24, 2.45) is 9.98 Å². The maximum Gasteiger partial charge on any atom is 0.414 e. The van der Waals surface area contributed by atoms with Gasteiger partial charge < -0.3 is 29.6 Å². The van der Waals surface area contributed by atoms with E-state index >= 15 is 0 Å². The van der Waals surface area contributed by atoms with Crippen LogP contribution in [0.5, 0.6) is 0 Å². The van der Waals surface area contributed by atoms with Gasteiger partial charge in [-0.25, -0.2) is 19.2 Å². The summed E-state index contributed by atoms with van der Waals surface area (Å²) in [5.41, 5.74) is 9.80. The number of anilines is 6. The number of ether oxygens (including phenoxy) is 4. The summed E-state index contributed by atoms with van der Waals surface area (Å²) in [7, 11) is 0. The highest BCUT2D eigenvalue weighted by molar-refractivity contribution is 6.03. The topological polar surface area (TPSA) is 185 Å². The highest BCUT2D eigenvalue weighted by Gasteiger charge is 2.28. The molecular weight excluding hydrogens is 1070 g/mol. The van der Waals surface area contributed by atoms with E-state index in [1.165, 1.54) is 0 Å². The van der Waals surface area contributed by atoms with Crippen molar-refractivity contribution in [1.29, 1.82) is 0 Å². The SMILES string of the molecule is CC1=CC(=Nc2cc(C)c(N(CCCCCCCCCN(C(=O)OC(C)(C)C)c3cc(Nc4ccccc4)c(N=C4C=C(C)C(NC(=O)OC(C)(C)C)=CC4)cc3C)C(=O)OC(C)(C)C)cc2Nc2ccccc2)CC=C1NC(=O)OC(C)(C)C. The smallest absolute Gasteiger partial charge is 0.414 e. The number of carbonyl (C=O) groups is 4. The molecule has 6 rings (SSSR count). The van der Waals surface area contributed by atoms with Crippen LogP contribution in [0.25, 0.3) is 0 Å². The van der Waals surface area contributed by atoms with E-state index in [4.69, 9.17) is 28.9 Å². The summed E-state index contributed by atoms with van der Waals surface area (Å²) in [4.78, 5) is 67.3. The standard InChI is InChI=1S/C69H92N8O8/c1-46-40-52(34-36-54(46)74-62(78)82-66(5,6)7)72-56-42-48(3)60(44-58(56)70-50-30-24-22-25-31-50)76(64(80)84-68(11,12)13)38-28-20-18-17-19-21-29-39-77(65(81)85-69(14,15)16)61-45-59(71-51-32-26-23-27-33-51)57(43-49(61)4)73-53-35-37-55(47(2)41-53)75-63(79)83-67(8,9)10/h22-27,30-33,36-37,40-45,70-71H,17-21,28-29,34-35,38-39H2,1-16H3,(H,74,78)(H,75,79). The number of hydrogen-bond donors (Lipinski definition) is 4. The Kier molecular flexibility index (Phi) is 22.6. The lowest BCUT2D eigenvalue weighted by atomic mass is 10.0. The third-order valence-electron chi connectivity index (χ3n) is 13.3. The Bertz CT molecular complexity index is 2990. The van der Waals surface area contributed by atoms with E-state index < -0.39 is 46.8 Å². The molecule has 0 bridgehead atoms. The zero-order chi connectivity index (χ0) is 62.3. The van der Waals surface area contributed by atoms with Gasteiger partial charge in [0.15, 0.2) is 0 Å². The molecule has 0 aliphatic heterocycles. The highest BCUT2D eigenvalue weighted by atomic mass is 16.6. The number of aliphatic imine (C=N–C) groups is 2. The number of carbonyl (C=O) groups excluding carboxylic acids is 4. The molecule has 0 saturated heterocycles. The molecule has 0 spiro atoms. The van der Waals surface area contributed by atoms with E-state index in [0.717, 1.165) is 113 Å². The molecule has 0 heterocycles. The fourth-order valence-corrected chi connectivity index (χ4v) is 9.46. The summed E-state index contributed by atoms with van der Waals surface area (Å²) in [5, 5.41) is 12.9. The lowest BCUT2D eigenvalue weighted by Crippen LogP contribution is -2.38. The number of alkyl carbamates (subject to hydrolysis) is 2. The Labute approximate surface area is 505 Å². The molecule has 4 aromatic rings. The molecule has 2 aliphatic carbocycles. The number of unbranched alkanes of at least 4 members (excludes halogenated alkanes) is 6. The average Bonchev–Trinajstić information content (AvgIpc) is 2.67. The van der Waals surface area contributed by atoms with Crippen LogP contribution in [0.4, 0.5) is 64.7 Å². The van der Waals surface area contributed by atoms with E-state index in [-0.39, 0.29) is 0 Å². The van der Waals surface area contributed by atoms with Crippen molar-refractivity contribution in [1.82, 2.24) is 10.6 Å². The van der Waals surface area contributed by atoms with E-state index in [0.29, 0.717) is 48.7 Å². The predicted molar refractivity (Wildman–Crippen MR) is 347 cm³/mol. The number of hydrogen-bond acceptors (Lipinski definition) is 12. The van der Waals surface area contributed by atoms with Crippen molar-refractivity contribution < 1.29 is 38.1 Å². The molecule has 0 radical (unpaired) electrons. The van der Waals surface area contributed by atoms with Crippen LogP contribution in [-0.2, 0) is 18.9 Å². The molecule has 2 aliphatic rings. The van der Waals surface area contributed by atoms with Gasteiger partial charge in [-0.15, -0.1) is 0 Å². The Balaban J connectivity index is 1.14. The van der Waals surface area contributed by atoms with Crippen LogP contribution in [0.15, 0.2) is 142 Å². The van der Waals surface area contributed by atoms with Gasteiger partial charge >= 0.3 is 24.4 Å². The number of aryl methyl sites for hydroxylation is 2. The number of nitrogens with one attached hydrogen (secondary N) is 4. The van der Waals surface area contributed by atoms with Gasteiger partial charge in [-0.05, 0) is 207 Å². The molecule has 4 aromatic carbocycles. The van der Waals surface area contributed by atoms with E-state index in [1.807, 2.05) is 220 Å². The van der Waals surface area contributed by atoms with E-state index in [2.05, 4.69) is 21.3 Å². The molecule has 0 fully saturated rings. The largest absolute Gasteiger partial charge is 0.444 e.